The third kappa shape index (κ3) is 3.27. The second kappa shape index (κ2) is 5.90. The van der Waals surface area contributed by atoms with Gasteiger partial charge in [0.25, 0.3) is 0 Å². The standard InChI is InChI=1S/C16H26ClN3O/c1-19(2)8-9-20-15(14(17)11-18-20)16(21)7-3-4-13(10-16)12-5-6-12/h11-13,21H,3-10H2,1-2H3. The molecule has 1 aromatic heterocycles. The minimum Gasteiger partial charge on any atom is -0.384 e. The van der Waals surface area contributed by atoms with Gasteiger partial charge in [0.2, 0.25) is 0 Å². The minimum absolute atomic E-state index is 0.618. The van der Waals surface area contributed by atoms with Gasteiger partial charge in [-0.3, -0.25) is 4.68 Å². The molecule has 5 heteroatoms. The molecule has 3 rings (SSSR count). The molecule has 118 valence electrons. The van der Waals surface area contributed by atoms with Gasteiger partial charge in [-0.2, -0.15) is 5.10 Å². The first kappa shape index (κ1) is 15.3. The van der Waals surface area contributed by atoms with Gasteiger partial charge in [0.05, 0.1) is 23.5 Å². The first-order valence-electron chi connectivity index (χ1n) is 8.08. The van der Waals surface area contributed by atoms with Crippen LogP contribution < -0.4 is 0 Å². The highest BCUT2D eigenvalue weighted by molar-refractivity contribution is 6.31. The zero-order chi connectivity index (χ0) is 15.0. The molecule has 0 amide bonds. The maximum absolute atomic E-state index is 11.2. The van der Waals surface area contributed by atoms with Crippen molar-refractivity contribution in [1.82, 2.24) is 14.7 Å². The maximum atomic E-state index is 11.2. The van der Waals surface area contributed by atoms with Crippen molar-refractivity contribution in [3.63, 3.8) is 0 Å². The predicted molar refractivity (Wildman–Crippen MR) is 84.4 cm³/mol. The summed E-state index contributed by atoms with van der Waals surface area (Å²) in [6, 6.07) is 0. The van der Waals surface area contributed by atoms with Crippen LogP contribution in [0.25, 0.3) is 0 Å². The highest BCUT2D eigenvalue weighted by atomic mass is 35.5. The van der Waals surface area contributed by atoms with Crippen molar-refractivity contribution < 1.29 is 5.11 Å². The zero-order valence-corrected chi connectivity index (χ0v) is 13.8. The molecule has 21 heavy (non-hydrogen) atoms. The Hall–Kier alpha value is -0.580. The smallest absolute Gasteiger partial charge is 0.108 e. The molecule has 0 aliphatic heterocycles. The topological polar surface area (TPSA) is 41.3 Å². The Morgan fingerprint density at radius 2 is 2.14 bits per heavy atom. The number of aromatic nitrogens is 2. The lowest BCUT2D eigenvalue weighted by Gasteiger charge is -2.37. The van der Waals surface area contributed by atoms with Gasteiger partial charge in [-0.15, -0.1) is 0 Å². The van der Waals surface area contributed by atoms with Gasteiger partial charge in [-0.25, -0.2) is 0 Å². The molecule has 2 aliphatic carbocycles. The first-order valence-corrected chi connectivity index (χ1v) is 8.46. The zero-order valence-electron chi connectivity index (χ0n) is 13.1. The van der Waals surface area contributed by atoms with E-state index < -0.39 is 5.60 Å². The fourth-order valence-electron chi connectivity index (χ4n) is 3.77. The Labute approximate surface area is 132 Å². The van der Waals surface area contributed by atoms with Crippen LogP contribution in [0.15, 0.2) is 6.20 Å². The van der Waals surface area contributed by atoms with Crippen molar-refractivity contribution in [3.05, 3.63) is 16.9 Å². The molecular formula is C16H26ClN3O. The molecule has 1 N–H and O–H groups in total. The lowest BCUT2D eigenvalue weighted by atomic mass is 9.74. The monoisotopic (exact) mass is 311 g/mol. The second-order valence-electron chi connectivity index (χ2n) is 7.09. The fraction of sp³-hybridized carbons (Fsp3) is 0.812. The summed E-state index contributed by atoms with van der Waals surface area (Å²) in [5.41, 5.74) is 0.0576. The Kier molecular flexibility index (Phi) is 4.30. The van der Waals surface area contributed by atoms with Gasteiger partial charge in [0.1, 0.15) is 5.60 Å². The van der Waals surface area contributed by atoms with Crippen LogP contribution in [0.5, 0.6) is 0 Å². The van der Waals surface area contributed by atoms with E-state index in [2.05, 4.69) is 10.00 Å². The average molecular weight is 312 g/mol. The molecule has 0 radical (unpaired) electrons. The lowest BCUT2D eigenvalue weighted by Crippen LogP contribution is -2.36. The molecule has 1 heterocycles. The van der Waals surface area contributed by atoms with Gasteiger partial charge < -0.3 is 10.0 Å². The van der Waals surface area contributed by atoms with Gasteiger partial charge in [-0.1, -0.05) is 11.6 Å². The van der Waals surface area contributed by atoms with Crippen LogP contribution >= 0.6 is 11.6 Å². The van der Waals surface area contributed by atoms with Crippen molar-refractivity contribution in [1.29, 1.82) is 0 Å². The van der Waals surface area contributed by atoms with Crippen molar-refractivity contribution in [3.8, 4) is 0 Å². The van der Waals surface area contributed by atoms with Crippen LogP contribution in [0.3, 0.4) is 0 Å². The normalized spacial score (nSPS) is 30.0. The molecule has 0 saturated heterocycles. The van der Waals surface area contributed by atoms with E-state index in [0.29, 0.717) is 10.9 Å². The summed E-state index contributed by atoms with van der Waals surface area (Å²) < 4.78 is 1.91. The predicted octanol–water partition coefficient (Wildman–Crippen LogP) is 2.89. The number of hydrogen-bond acceptors (Lipinski definition) is 3. The van der Waals surface area contributed by atoms with E-state index in [4.69, 9.17) is 11.6 Å². The number of aliphatic hydroxyl groups is 1. The van der Waals surface area contributed by atoms with E-state index in [-0.39, 0.29) is 0 Å². The summed E-state index contributed by atoms with van der Waals surface area (Å²) in [7, 11) is 4.09. The van der Waals surface area contributed by atoms with Crippen molar-refractivity contribution in [2.75, 3.05) is 20.6 Å². The van der Waals surface area contributed by atoms with Gasteiger partial charge in [-0.05, 0) is 64.5 Å². The third-order valence-corrected chi connectivity index (χ3v) is 5.33. The first-order chi connectivity index (χ1) is 9.99. The summed E-state index contributed by atoms with van der Waals surface area (Å²) in [5.74, 6) is 1.51. The second-order valence-corrected chi connectivity index (χ2v) is 7.50. The highest BCUT2D eigenvalue weighted by Gasteiger charge is 2.44. The molecule has 0 aromatic carbocycles. The summed E-state index contributed by atoms with van der Waals surface area (Å²) in [6.45, 7) is 1.67. The highest BCUT2D eigenvalue weighted by Crippen LogP contribution is 2.50. The van der Waals surface area contributed by atoms with E-state index in [1.807, 2.05) is 18.8 Å². The van der Waals surface area contributed by atoms with E-state index in [1.54, 1.807) is 6.20 Å². The van der Waals surface area contributed by atoms with Crippen LogP contribution in [-0.2, 0) is 12.1 Å². The molecule has 0 bridgehead atoms. The Morgan fingerprint density at radius 3 is 2.81 bits per heavy atom. The van der Waals surface area contributed by atoms with E-state index in [0.717, 1.165) is 44.0 Å². The van der Waals surface area contributed by atoms with E-state index >= 15 is 0 Å². The van der Waals surface area contributed by atoms with Gasteiger partial charge in [0, 0.05) is 6.54 Å². The maximum Gasteiger partial charge on any atom is 0.108 e. The molecule has 2 atom stereocenters. The molecule has 2 unspecified atom stereocenters. The number of likely N-dealkylation sites (N-methyl/N-ethyl adjacent to an activating group) is 1. The summed E-state index contributed by atoms with van der Waals surface area (Å²) in [5, 5.41) is 16.3. The summed E-state index contributed by atoms with van der Waals surface area (Å²) in [6.07, 6.45) is 8.38. The average Bonchev–Trinajstić information content (AvgIpc) is 3.20. The molecule has 2 fully saturated rings. The quantitative estimate of drug-likeness (QED) is 0.909. The van der Waals surface area contributed by atoms with Crippen LogP contribution in [-0.4, -0.2) is 40.4 Å². The largest absolute Gasteiger partial charge is 0.384 e. The van der Waals surface area contributed by atoms with Crippen molar-refractivity contribution >= 4 is 11.6 Å². The van der Waals surface area contributed by atoms with Crippen molar-refractivity contribution in [2.24, 2.45) is 11.8 Å². The molecule has 2 saturated carbocycles. The number of nitrogens with zero attached hydrogens (tertiary/aromatic N) is 3. The fourth-order valence-corrected chi connectivity index (χ4v) is 4.09. The summed E-state index contributed by atoms with van der Waals surface area (Å²) in [4.78, 5) is 2.12. The molecule has 4 nitrogen and oxygen atoms in total. The SMILES string of the molecule is CN(C)CCn1ncc(Cl)c1C1(O)CCCC(C2CC2)C1. The van der Waals surface area contributed by atoms with Gasteiger partial charge >= 0.3 is 0 Å². The van der Waals surface area contributed by atoms with Crippen LogP contribution in [0.2, 0.25) is 5.02 Å². The Bertz CT molecular complexity index is 498. The minimum atomic E-state index is -0.786. The van der Waals surface area contributed by atoms with E-state index in [9.17, 15) is 5.11 Å². The number of halogens is 1. The van der Waals surface area contributed by atoms with Crippen LogP contribution in [0, 0.1) is 11.8 Å². The number of hydrogen-bond donors (Lipinski definition) is 1. The summed E-state index contributed by atoms with van der Waals surface area (Å²) >= 11 is 6.37. The molecule has 0 spiro atoms. The Balaban J connectivity index is 1.81. The van der Waals surface area contributed by atoms with Crippen molar-refractivity contribution in [2.45, 2.75) is 50.7 Å². The molecular weight excluding hydrogens is 286 g/mol. The molecule has 1 aromatic rings. The number of rotatable bonds is 5. The lowest BCUT2D eigenvalue weighted by molar-refractivity contribution is -0.0324. The van der Waals surface area contributed by atoms with Crippen LogP contribution in [0.4, 0.5) is 0 Å². The molecule has 2 aliphatic rings. The Morgan fingerprint density at radius 1 is 1.38 bits per heavy atom. The van der Waals surface area contributed by atoms with Gasteiger partial charge in [0.15, 0.2) is 0 Å². The van der Waals surface area contributed by atoms with Crippen LogP contribution in [0.1, 0.15) is 44.2 Å². The van der Waals surface area contributed by atoms with E-state index in [1.165, 1.54) is 19.3 Å². The third-order valence-electron chi connectivity index (χ3n) is 5.05.